The number of pyridine rings is 1. The van der Waals surface area contributed by atoms with Crippen molar-refractivity contribution in [2.45, 2.75) is 38.1 Å². The first-order valence-electron chi connectivity index (χ1n) is 10.8. The number of benzene rings is 2. The second-order valence-corrected chi connectivity index (χ2v) is 7.94. The van der Waals surface area contributed by atoms with Crippen LogP contribution >= 0.6 is 0 Å². The fourth-order valence-corrected chi connectivity index (χ4v) is 4.26. The smallest absolute Gasteiger partial charge is 0.156 e. The van der Waals surface area contributed by atoms with Crippen molar-refractivity contribution in [3.8, 4) is 0 Å². The minimum atomic E-state index is 0.545. The van der Waals surface area contributed by atoms with Crippen LogP contribution in [0.4, 0.5) is 11.5 Å². The van der Waals surface area contributed by atoms with Gasteiger partial charge in [-0.1, -0.05) is 79.9 Å². The Morgan fingerprint density at radius 3 is 2.17 bits per heavy atom. The molecule has 0 bridgehead atoms. The first-order chi connectivity index (χ1) is 14.9. The Balaban J connectivity index is 1.60. The van der Waals surface area contributed by atoms with E-state index in [0.717, 1.165) is 33.9 Å². The molecule has 2 aromatic carbocycles. The lowest BCUT2D eigenvalue weighted by atomic mass is 9.95. The summed E-state index contributed by atoms with van der Waals surface area (Å²) < 4.78 is 1.91. The Labute approximate surface area is 177 Å². The van der Waals surface area contributed by atoms with Crippen molar-refractivity contribution in [2.75, 3.05) is 5.32 Å². The van der Waals surface area contributed by atoms with Gasteiger partial charge in [0.15, 0.2) is 5.82 Å². The molecule has 1 aliphatic rings. The maximum atomic E-state index is 5.13. The van der Waals surface area contributed by atoms with E-state index in [-0.39, 0.29) is 0 Å². The quantitative estimate of drug-likeness (QED) is 0.407. The first-order valence-corrected chi connectivity index (χ1v) is 10.8. The van der Waals surface area contributed by atoms with E-state index in [1.807, 2.05) is 28.9 Å². The highest BCUT2D eigenvalue weighted by atomic mass is 15.3. The van der Waals surface area contributed by atoms with Crippen LogP contribution in [0.3, 0.4) is 0 Å². The lowest BCUT2D eigenvalue weighted by molar-refractivity contribution is 0.463. The minimum Gasteiger partial charge on any atom is -0.382 e. The van der Waals surface area contributed by atoms with Crippen LogP contribution < -0.4 is 5.32 Å². The van der Waals surface area contributed by atoms with Crippen LogP contribution in [0, 0.1) is 0 Å². The molecule has 1 N–H and O–H groups in total. The van der Waals surface area contributed by atoms with Gasteiger partial charge in [0.1, 0.15) is 0 Å². The average molecular weight is 395 g/mol. The van der Waals surface area contributed by atoms with Gasteiger partial charge < -0.3 is 5.32 Å². The van der Waals surface area contributed by atoms with Gasteiger partial charge in [-0.2, -0.15) is 5.10 Å². The Kier molecular flexibility index (Phi) is 5.30. The van der Waals surface area contributed by atoms with Crippen molar-refractivity contribution in [2.24, 2.45) is 4.99 Å². The second-order valence-electron chi connectivity index (χ2n) is 7.94. The molecular formula is C26H26N4. The van der Waals surface area contributed by atoms with Crippen LogP contribution in [0.1, 0.15) is 43.2 Å². The average Bonchev–Trinajstić information content (AvgIpc) is 3.28. The Morgan fingerprint density at radius 1 is 0.833 bits per heavy atom. The maximum absolute atomic E-state index is 5.13. The summed E-state index contributed by atoms with van der Waals surface area (Å²) in [5.74, 6) is 0.832. The number of rotatable bonds is 5. The standard InChI is InChI=1S/C26H26N4/c1-4-10-20(11-5-1)26(21-12-6-2-7-13-21)29-25-19-23(18-24-16-17-27-30(24)25)28-22-14-8-3-9-15-22/h1-2,4-7,10-13,16-19,22,28H,3,8-9,14-15H2. The highest BCUT2D eigenvalue weighted by Gasteiger charge is 2.15. The van der Waals surface area contributed by atoms with Crippen LogP contribution in [-0.2, 0) is 0 Å². The van der Waals surface area contributed by atoms with Crippen molar-refractivity contribution in [3.63, 3.8) is 0 Å². The van der Waals surface area contributed by atoms with E-state index in [1.54, 1.807) is 0 Å². The molecule has 0 spiro atoms. The van der Waals surface area contributed by atoms with E-state index >= 15 is 0 Å². The fourth-order valence-electron chi connectivity index (χ4n) is 4.26. The lowest BCUT2D eigenvalue weighted by Gasteiger charge is -2.24. The summed E-state index contributed by atoms with van der Waals surface area (Å²) in [4.78, 5) is 5.13. The normalized spacial score (nSPS) is 14.5. The SMILES string of the molecule is c1ccc(C(=Nc2cc(NC3CCCCC3)cc3ccnn23)c2ccccc2)cc1. The van der Waals surface area contributed by atoms with E-state index in [1.165, 1.54) is 32.1 Å². The zero-order valence-electron chi connectivity index (χ0n) is 17.0. The summed E-state index contributed by atoms with van der Waals surface area (Å²) in [5.41, 5.74) is 5.30. The Bertz CT molecular complexity index is 1100. The molecule has 0 amide bonds. The summed E-state index contributed by atoms with van der Waals surface area (Å²) in [6, 6.07) is 27.6. The van der Waals surface area contributed by atoms with E-state index in [0.29, 0.717) is 6.04 Å². The molecular weight excluding hydrogens is 368 g/mol. The largest absolute Gasteiger partial charge is 0.382 e. The minimum absolute atomic E-state index is 0.545. The van der Waals surface area contributed by atoms with E-state index < -0.39 is 0 Å². The molecule has 1 aliphatic carbocycles. The van der Waals surface area contributed by atoms with Gasteiger partial charge in [0, 0.05) is 28.9 Å². The zero-order valence-corrected chi connectivity index (χ0v) is 17.0. The van der Waals surface area contributed by atoms with E-state index in [2.05, 4.69) is 71.1 Å². The van der Waals surface area contributed by atoms with Crippen LogP contribution in [0.25, 0.3) is 5.52 Å². The molecule has 4 heteroatoms. The van der Waals surface area contributed by atoms with Gasteiger partial charge in [0.2, 0.25) is 0 Å². The van der Waals surface area contributed by atoms with Crippen molar-refractivity contribution in [3.05, 3.63) is 96.2 Å². The highest BCUT2D eigenvalue weighted by molar-refractivity contribution is 6.13. The molecule has 30 heavy (non-hydrogen) atoms. The third-order valence-corrected chi connectivity index (χ3v) is 5.77. The topological polar surface area (TPSA) is 41.7 Å². The number of aliphatic imine (C=N–C) groups is 1. The van der Waals surface area contributed by atoms with Crippen molar-refractivity contribution in [1.29, 1.82) is 0 Å². The molecule has 1 fully saturated rings. The third-order valence-electron chi connectivity index (χ3n) is 5.77. The predicted octanol–water partition coefficient (Wildman–Crippen LogP) is 6.25. The number of nitrogens with zero attached hydrogens (tertiary/aromatic N) is 3. The zero-order chi connectivity index (χ0) is 20.2. The van der Waals surface area contributed by atoms with Crippen LogP contribution in [0.15, 0.2) is 90.1 Å². The van der Waals surface area contributed by atoms with Crippen molar-refractivity contribution >= 4 is 22.7 Å². The highest BCUT2D eigenvalue weighted by Crippen LogP contribution is 2.27. The molecule has 0 unspecified atom stereocenters. The van der Waals surface area contributed by atoms with Crippen LogP contribution in [-0.4, -0.2) is 21.4 Å². The molecule has 4 nitrogen and oxygen atoms in total. The van der Waals surface area contributed by atoms with Gasteiger partial charge in [-0.25, -0.2) is 9.51 Å². The first kappa shape index (κ1) is 18.6. The molecule has 2 heterocycles. The second kappa shape index (κ2) is 8.54. The number of fused-ring (bicyclic) bond motifs is 1. The van der Waals surface area contributed by atoms with Crippen molar-refractivity contribution in [1.82, 2.24) is 9.61 Å². The van der Waals surface area contributed by atoms with Gasteiger partial charge in [-0.05, 0) is 25.0 Å². The number of hydrogen-bond donors (Lipinski definition) is 1. The molecule has 4 aromatic rings. The van der Waals surface area contributed by atoms with Gasteiger partial charge in [0.05, 0.1) is 17.4 Å². The number of aromatic nitrogens is 2. The summed E-state index contributed by atoms with van der Waals surface area (Å²) in [7, 11) is 0. The van der Waals surface area contributed by atoms with Gasteiger partial charge >= 0.3 is 0 Å². The summed E-state index contributed by atoms with van der Waals surface area (Å²) >= 11 is 0. The van der Waals surface area contributed by atoms with Crippen molar-refractivity contribution < 1.29 is 0 Å². The Hall–Kier alpha value is -3.40. The summed E-state index contributed by atoms with van der Waals surface area (Å²) in [6.45, 7) is 0. The van der Waals surface area contributed by atoms with Crippen LogP contribution in [0.2, 0.25) is 0 Å². The van der Waals surface area contributed by atoms with E-state index in [4.69, 9.17) is 4.99 Å². The molecule has 1 saturated carbocycles. The number of hydrogen-bond acceptors (Lipinski definition) is 3. The molecule has 0 saturated heterocycles. The Morgan fingerprint density at radius 2 is 1.50 bits per heavy atom. The molecule has 0 radical (unpaired) electrons. The van der Waals surface area contributed by atoms with Gasteiger partial charge in [0.25, 0.3) is 0 Å². The summed E-state index contributed by atoms with van der Waals surface area (Å²) in [5, 5.41) is 8.27. The monoisotopic (exact) mass is 394 g/mol. The van der Waals surface area contributed by atoms with Gasteiger partial charge in [-0.3, -0.25) is 0 Å². The predicted molar refractivity (Wildman–Crippen MR) is 124 cm³/mol. The summed E-state index contributed by atoms with van der Waals surface area (Å²) in [6.07, 6.45) is 8.29. The molecule has 0 aliphatic heterocycles. The van der Waals surface area contributed by atoms with Gasteiger partial charge in [-0.15, -0.1) is 0 Å². The molecule has 5 rings (SSSR count). The van der Waals surface area contributed by atoms with Crippen LogP contribution in [0.5, 0.6) is 0 Å². The third kappa shape index (κ3) is 3.99. The molecule has 2 aromatic heterocycles. The molecule has 150 valence electrons. The number of anilines is 1. The fraction of sp³-hybridized carbons (Fsp3) is 0.231. The number of nitrogens with one attached hydrogen (secondary N) is 1. The lowest BCUT2D eigenvalue weighted by Crippen LogP contribution is -2.22. The molecule has 0 atom stereocenters. The maximum Gasteiger partial charge on any atom is 0.156 e. The van der Waals surface area contributed by atoms with E-state index in [9.17, 15) is 0 Å².